The monoisotopic (exact) mass is 445 g/mol. The van der Waals surface area contributed by atoms with Crippen molar-refractivity contribution in [3.63, 3.8) is 0 Å². The van der Waals surface area contributed by atoms with E-state index in [1.165, 1.54) is 23.1 Å². The predicted molar refractivity (Wildman–Crippen MR) is 116 cm³/mol. The Morgan fingerprint density at radius 2 is 1.77 bits per heavy atom. The molecule has 166 valence electrons. The molecule has 0 aliphatic rings. The first kappa shape index (κ1) is 22.7. The molecule has 31 heavy (non-hydrogen) atoms. The minimum atomic E-state index is -3.78. The summed E-state index contributed by atoms with van der Waals surface area (Å²) in [5.41, 5.74) is 1.32. The fourth-order valence-electron chi connectivity index (χ4n) is 2.89. The Hall–Kier alpha value is -2.98. The Balaban J connectivity index is 1.81. The molecule has 1 aromatic heterocycles. The third kappa shape index (κ3) is 5.80. The molecular weight excluding hydrogens is 418 g/mol. The summed E-state index contributed by atoms with van der Waals surface area (Å²) in [6.45, 7) is 6.98. The second kappa shape index (κ2) is 10.4. The van der Waals surface area contributed by atoms with Crippen molar-refractivity contribution in [2.75, 3.05) is 13.2 Å². The van der Waals surface area contributed by atoms with Crippen LogP contribution in [0.1, 0.15) is 45.2 Å². The summed E-state index contributed by atoms with van der Waals surface area (Å²) in [6, 6.07) is 11.4. The molecule has 2 aromatic carbocycles. The van der Waals surface area contributed by atoms with E-state index in [1.54, 1.807) is 19.1 Å². The number of sulfonamides is 1. The van der Waals surface area contributed by atoms with Gasteiger partial charge in [0.2, 0.25) is 10.0 Å². The van der Waals surface area contributed by atoms with Crippen molar-refractivity contribution in [2.45, 2.75) is 44.6 Å². The van der Waals surface area contributed by atoms with Gasteiger partial charge in [-0.25, -0.2) is 17.8 Å². The number of hydrogen-bond donors (Lipinski definition) is 1. The number of nitrogens with one attached hydrogen (secondary N) is 1. The van der Waals surface area contributed by atoms with Crippen molar-refractivity contribution in [3.8, 4) is 17.2 Å². The Kier molecular flexibility index (Phi) is 7.59. The largest absolute Gasteiger partial charge is 0.490 e. The average Bonchev–Trinajstić information content (AvgIpc) is 3.31. The predicted octanol–water partition coefficient (Wildman–Crippen LogP) is 3.28. The molecule has 1 heterocycles. The number of tetrazole rings is 1. The molecule has 1 atom stereocenters. The van der Waals surface area contributed by atoms with E-state index in [4.69, 9.17) is 9.47 Å². The minimum absolute atomic E-state index is 0.123. The van der Waals surface area contributed by atoms with Gasteiger partial charge in [0, 0.05) is 6.04 Å². The highest BCUT2D eigenvalue weighted by atomic mass is 32.2. The van der Waals surface area contributed by atoms with Gasteiger partial charge in [0.05, 0.1) is 23.8 Å². The van der Waals surface area contributed by atoms with Crippen LogP contribution >= 0.6 is 0 Å². The van der Waals surface area contributed by atoms with Crippen LogP contribution in [0.4, 0.5) is 0 Å². The second-order valence-corrected chi connectivity index (χ2v) is 8.71. The lowest BCUT2D eigenvalue weighted by Crippen LogP contribution is -2.27. The molecule has 0 amide bonds. The van der Waals surface area contributed by atoms with Crippen LogP contribution in [0.15, 0.2) is 53.7 Å². The zero-order chi connectivity index (χ0) is 22.3. The van der Waals surface area contributed by atoms with Gasteiger partial charge in [-0.1, -0.05) is 26.0 Å². The molecule has 0 fully saturated rings. The van der Waals surface area contributed by atoms with Crippen molar-refractivity contribution >= 4 is 10.0 Å². The Morgan fingerprint density at radius 1 is 1.03 bits per heavy atom. The SMILES string of the molecule is CCCOc1ccc(C(C)NS(=O)(=O)c2cccc(-n3cnnn3)c2)cc1OCCC. The summed E-state index contributed by atoms with van der Waals surface area (Å²) in [7, 11) is -3.78. The summed E-state index contributed by atoms with van der Waals surface area (Å²) in [6.07, 6.45) is 3.15. The zero-order valence-corrected chi connectivity index (χ0v) is 18.7. The fourth-order valence-corrected chi connectivity index (χ4v) is 4.16. The van der Waals surface area contributed by atoms with Crippen molar-refractivity contribution < 1.29 is 17.9 Å². The van der Waals surface area contributed by atoms with Gasteiger partial charge in [-0.3, -0.25) is 0 Å². The lowest BCUT2D eigenvalue weighted by Gasteiger charge is -2.18. The van der Waals surface area contributed by atoms with Gasteiger partial charge < -0.3 is 9.47 Å². The Labute approximate surface area is 182 Å². The average molecular weight is 446 g/mol. The third-order valence-electron chi connectivity index (χ3n) is 4.46. The van der Waals surface area contributed by atoms with Crippen molar-refractivity contribution in [3.05, 3.63) is 54.4 Å². The molecule has 0 saturated carbocycles. The maximum Gasteiger partial charge on any atom is 0.241 e. The standard InChI is InChI=1S/C21H27N5O4S/c1-4-11-29-20-10-9-17(13-21(20)30-12-5-2)16(3)23-31(27,28)19-8-6-7-18(14-19)26-15-22-24-25-26/h6-10,13-16,23H,4-5,11-12H2,1-3H3. The van der Waals surface area contributed by atoms with Gasteiger partial charge in [0.1, 0.15) is 6.33 Å². The van der Waals surface area contributed by atoms with E-state index in [0.29, 0.717) is 30.4 Å². The molecule has 0 bridgehead atoms. The maximum atomic E-state index is 13.0. The van der Waals surface area contributed by atoms with Gasteiger partial charge in [0.15, 0.2) is 11.5 Å². The molecular formula is C21H27N5O4S. The van der Waals surface area contributed by atoms with Crippen LogP contribution in [0, 0.1) is 0 Å². The van der Waals surface area contributed by atoms with Crippen LogP contribution in [0.2, 0.25) is 0 Å². The van der Waals surface area contributed by atoms with Crippen LogP contribution in [-0.4, -0.2) is 41.8 Å². The number of ether oxygens (including phenoxy) is 2. The van der Waals surface area contributed by atoms with E-state index in [0.717, 1.165) is 18.4 Å². The molecule has 0 aliphatic heterocycles. The van der Waals surface area contributed by atoms with Gasteiger partial charge in [-0.15, -0.1) is 5.10 Å². The number of aromatic nitrogens is 4. The number of hydrogen-bond acceptors (Lipinski definition) is 7. The quantitative estimate of drug-likeness (QED) is 0.482. The first-order valence-electron chi connectivity index (χ1n) is 10.2. The van der Waals surface area contributed by atoms with Gasteiger partial charge in [-0.05, 0) is 66.1 Å². The lowest BCUT2D eigenvalue weighted by molar-refractivity contribution is 0.268. The highest BCUT2D eigenvalue weighted by molar-refractivity contribution is 7.89. The van der Waals surface area contributed by atoms with E-state index in [9.17, 15) is 8.42 Å². The summed E-state index contributed by atoms with van der Waals surface area (Å²) in [5.74, 6) is 1.27. The molecule has 9 nitrogen and oxygen atoms in total. The van der Waals surface area contributed by atoms with E-state index >= 15 is 0 Å². The molecule has 3 aromatic rings. The summed E-state index contributed by atoms with van der Waals surface area (Å²) >= 11 is 0. The Bertz CT molecular complexity index is 1090. The van der Waals surface area contributed by atoms with Crippen molar-refractivity contribution in [1.82, 2.24) is 24.9 Å². The molecule has 0 radical (unpaired) electrons. The van der Waals surface area contributed by atoms with E-state index in [1.807, 2.05) is 32.0 Å². The van der Waals surface area contributed by atoms with Crippen molar-refractivity contribution in [1.29, 1.82) is 0 Å². The van der Waals surface area contributed by atoms with Crippen LogP contribution < -0.4 is 14.2 Å². The first-order valence-corrected chi connectivity index (χ1v) is 11.7. The summed E-state index contributed by atoms with van der Waals surface area (Å²) in [5, 5.41) is 11.0. The summed E-state index contributed by atoms with van der Waals surface area (Å²) in [4.78, 5) is 0.123. The number of nitrogens with zero attached hydrogens (tertiary/aromatic N) is 4. The van der Waals surface area contributed by atoms with E-state index in [2.05, 4.69) is 20.2 Å². The lowest BCUT2D eigenvalue weighted by atomic mass is 10.1. The van der Waals surface area contributed by atoms with Gasteiger partial charge in [-0.2, -0.15) is 0 Å². The van der Waals surface area contributed by atoms with Crippen LogP contribution in [0.3, 0.4) is 0 Å². The fraction of sp³-hybridized carbons (Fsp3) is 0.381. The van der Waals surface area contributed by atoms with E-state index in [-0.39, 0.29) is 4.90 Å². The van der Waals surface area contributed by atoms with Gasteiger partial charge in [0.25, 0.3) is 0 Å². The van der Waals surface area contributed by atoms with Crippen LogP contribution in [0.25, 0.3) is 5.69 Å². The van der Waals surface area contributed by atoms with Crippen molar-refractivity contribution in [2.24, 2.45) is 0 Å². The number of rotatable bonds is 11. The third-order valence-corrected chi connectivity index (χ3v) is 6.00. The van der Waals surface area contributed by atoms with E-state index < -0.39 is 16.1 Å². The zero-order valence-electron chi connectivity index (χ0n) is 17.9. The second-order valence-electron chi connectivity index (χ2n) is 7.00. The summed E-state index contributed by atoms with van der Waals surface area (Å²) < 4.78 is 41.6. The van der Waals surface area contributed by atoms with Crippen LogP contribution in [0.5, 0.6) is 11.5 Å². The van der Waals surface area contributed by atoms with Crippen LogP contribution in [-0.2, 0) is 10.0 Å². The minimum Gasteiger partial charge on any atom is -0.490 e. The highest BCUT2D eigenvalue weighted by Gasteiger charge is 2.20. The molecule has 1 N–H and O–H groups in total. The highest BCUT2D eigenvalue weighted by Crippen LogP contribution is 2.31. The topological polar surface area (TPSA) is 108 Å². The molecule has 3 rings (SSSR count). The maximum absolute atomic E-state index is 13.0. The molecule has 10 heteroatoms. The molecule has 0 saturated heterocycles. The smallest absolute Gasteiger partial charge is 0.241 e. The molecule has 1 unspecified atom stereocenters. The molecule has 0 aliphatic carbocycles. The first-order chi connectivity index (χ1) is 14.9. The Morgan fingerprint density at radius 3 is 2.45 bits per heavy atom. The number of benzene rings is 2. The molecule has 0 spiro atoms. The normalized spacial score (nSPS) is 12.5. The van der Waals surface area contributed by atoms with Gasteiger partial charge >= 0.3 is 0 Å².